The zero-order valence-corrected chi connectivity index (χ0v) is 15.8. The number of urea groups is 1. The number of carbonyl (C=O) groups excluding carboxylic acids is 2. The van der Waals surface area contributed by atoms with Gasteiger partial charge in [-0.05, 0) is 48.4 Å². The van der Waals surface area contributed by atoms with E-state index in [1.165, 1.54) is 12.3 Å². The van der Waals surface area contributed by atoms with Crippen molar-refractivity contribution in [3.05, 3.63) is 58.9 Å². The number of nitrogens with one attached hydrogen (secondary N) is 1. The van der Waals surface area contributed by atoms with Gasteiger partial charge in [0.25, 0.3) is 0 Å². The second kappa shape index (κ2) is 7.42. The summed E-state index contributed by atoms with van der Waals surface area (Å²) in [7, 11) is 0. The molecule has 1 aromatic heterocycles. The summed E-state index contributed by atoms with van der Waals surface area (Å²) in [4.78, 5) is 30.6. The van der Waals surface area contributed by atoms with Crippen molar-refractivity contribution in [2.45, 2.75) is 32.2 Å². The molecular weight excluding hydrogens is 380 g/mol. The molecule has 0 unspecified atom stereocenters. The van der Waals surface area contributed by atoms with E-state index in [2.05, 4.69) is 10.3 Å². The summed E-state index contributed by atoms with van der Waals surface area (Å²) in [5, 5.41) is 12.5. The number of hydrogen-bond acceptors (Lipinski definition) is 4. The lowest BCUT2D eigenvalue weighted by Crippen LogP contribution is -2.49. The summed E-state index contributed by atoms with van der Waals surface area (Å²) in [6.45, 7) is 0.979. The van der Waals surface area contributed by atoms with Gasteiger partial charge in [-0.15, -0.1) is 0 Å². The van der Waals surface area contributed by atoms with Gasteiger partial charge in [0.2, 0.25) is 0 Å². The molecule has 1 aliphatic carbocycles. The minimum absolute atomic E-state index is 0.0169. The Morgan fingerprint density at radius 3 is 2.72 bits per heavy atom. The summed E-state index contributed by atoms with van der Waals surface area (Å²) in [6, 6.07) is 4.76. The van der Waals surface area contributed by atoms with Gasteiger partial charge >= 0.3 is 6.03 Å². The molecule has 4 rings (SSSR count). The predicted octanol–water partition coefficient (Wildman–Crippen LogP) is 3.19. The number of Topliss-reactive ketones (excluding diaryl/α,β-unsaturated/α-hetero) is 1. The van der Waals surface area contributed by atoms with E-state index < -0.39 is 17.0 Å². The zero-order chi connectivity index (χ0) is 20.6. The maximum atomic E-state index is 14.2. The predicted molar refractivity (Wildman–Crippen MR) is 100 cm³/mol. The van der Waals surface area contributed by atoms with Gasteiger partial charge in [0.1, 0.15) is 23.1 Å². The fraction of sp³-hybridized carbons (Fsp3) is 0.381. The number of halogens is 2. The molecule has 0 radical (unpaired) electrons. The first kappa shape index (κ1) is 19.3. The fourth-order valence-corrected chi connectivity index (χ4v) is 4.28. The summed E-state index contributed by atoms with van der Waals surface area (Å²) in [5.41, 5.74) is 0.403. The number of aromatic nitrogens is 1. The van der Waals surface area contributed by atoms with E-state index in [-0.39, 0.29) is 41.7 Å². The monoisotopic (exact) mass is 401 g/mol. The van der Waals surface area contributed by atoms with Crippen LogP contribution in [0.1, 0.15) is 40.9 Å². The van der Waals surface area contributed by atoms with Gasteiger partial charge in [-0.3, -0.25) is 9.78 Å². The van der Waals surface area contributed by atoms with Gasteiger partial charge in [-0.25, -0.2) is 13.6 Å². The molecule has 1 spiro atoms. The number of rotatable bonds is 2. The van der Waals surface area contributed by atoms with Gasteiger partial charge in [0.05, 0.1) is 6.54 Å². The lowest BCUT2D eigenvalue weighted by molar-refractivity contribution is 0.0729. The number of hydrogen-bond donors (Lipinski definition) is 2. The Kier molecular flexibility index (Phi) is 4.94. The third-order valence-electron chi connectivity index (χ3n) is 5.93. The van der Waals surface area contributed by atoms with Gasteiger partial charge in [0, 0.05) is 37.3 Å². The van der Waals surface area contributed by atoms with Crippen molar-refractivity contribution in [3.63, 3.8) is 0 Å². The molecule has 2 heterocycles. The van der Waals surface area contributed by atoms with Crippen molar-refractivity contribution in [2.75, 3.05) is 13.1 Å². The third-order valence-corrected chi connectivity index (χ3v) is 5.93. The first-order chi connectivity index (χ1) is 13.9. The zero-order valence-electron chi connectivity index (χ0n) is 15.8. The Labute approximate surface area is 166 Å². The van der Waals surface area contributed by atoms with Gasteiger partial charge in [0.15, 0.2) is 5.78 Å². The fourth-order valence-electron chi connectivity index (χ4n) is 4.28. The summed E-state index contributed by atoms with van der Waals surface area (Å²) >= 11 is 0. The van der Waals surface area contributed by atoms with Crippen LogP contribution < -0.4 is 5.32 Å². The highest BCUT2D eigenvalue weighted by atomic mass is 19.1. The van der Waals surface area contributed by atoms with E-state index in [1.807, 2.05) is 0 Å². The minimum Gasteiger partial charge on any atom is -0.506 e. The summed E-state index contributed by atoms with van der Waals surface area (Å²) < 4.78 is 27.7. The van der Waals surface area contributed by atoms with Crippen molar-refractivity contribution in [2.24, 2.45) is 5.41 Å². The Hall–Kier alpha value is -3.03. The molecule has 1 fully saturated rings. The van der Waals surface area contributed by atoms with Crippen LogP contribution >= 0.6 is 0 Å². The number of likely N-dealkylation sites (tertiary alicyclic amines) is 1. The molecule has 1 aromatic carbocycles. The maximum Gasteiger partial charge on any atom is 0.317 e. The standard InChI is InChI=1S/C21H21F2N3O3/c22-13-8-14-15(16(23)9-13)10-21(11-19(14)28)3-6-26(7-4-21)20(29)25-12-17-18(27)2-1-5-24-17/h1-2,5,8-9,27H,3-4,6-7,10-12H2,(H,25,29). The molecular formula is C21H21F2N3O3. The number of benzene rings is 1. The average Bonchev–Trinajstić information content (AvgIpc) is 2.69. The quantitative estimate of drug-likeness (QED) is 0.810. The number of pyridine rings is 1. The van der Waals surface area contributed by atoms with Crippen LogP contribution in [0.2, 0.25) is 0 Å². The molecule has 2 N–H and O–H groups in total. The Balaban J connectivity index is 1.39. The molecule has 0 bridgehead atoms. The number of aromatic hydroxyl groups is 1. The van der Waals surface area contributed by atoms with Crippen LogP contribution in [-0.4, -0.2) is 39.9 Å². The molecule has 1 aliphatic heterocycles. The van der Waals surface area contributed by atoms with Crippen LogP contribution in [-0.2, 0) is 13.0 Å². The van der Waals surface area contributed by atoms with E-state index in [4.69, 9.17) is 0 Å². The molecule has 29 heavy (non-hydrogen) atoms. The highest BCUT2D eigenvalue weighted by molar-refractivity contribution is 5.99. The SMILES string of the molecule is O=C1CC2(CCN(C(=O)NCc3ncccc3O)CC2)Cc2c(F)cc(F)cc21. The van der Waals surface area contributed by atoms with Crippen molar-refractivity contribution in [1.82, 2.24) is 15.2 Å². The molecule has 8 heteroatoms. The van der Waals surface area contributed by atoms with E-state index in [1.54, 1.807) is 11.0 Å². The largest absolute Gasteiger partial charge is 0.506 e. The Morgan fingerprint density at radius 2 is 2.00 bits per heavy atom. The molecule has 0 saturated carbocycles. The van der Waals surface area contributed by atoms with Crippen LogP contribution in [0.15, 0.2) is 30.5 Å². The van der Waals surface area contributed by atoms with Crippen LogP contribution in [0.4, 0.5) is 13.6 Å². The Bertz CT molecular complexity index is 972. The molecule has 0 atom stereocenters. The number of amides is 2. The summed E-state index contributed by atoms with van der Waals surface area (Å²) in [6.07, 6.45) is 3.28. The number of ketones is 1. The van der Waals surface area contributed by atoms with E-state index in [9.17, 15) is 23.5 Å². The van der Waals surface area contributed by atoms with Crippen molar-refractivity contribution in [3.8, 4) is 5.75 Å². The van der Waals surface area contributed by atoms with E-state index in [0.717, 1.165) is 12.1 Å². The van der Waals surface area contributed by atoms with E-state index in [0.29, 0.717) is 38.0 Å². The number of nitrogens with zero attached hydrogens (tertiary/aromatic N) is 2. The number of carbonyl (C=O) groups is 2. The third kappa shape index (κ3) is 3.79. The molecule has 2 amide bonds. The highest BCUT2D eigenvalue weighted by Gasteiger charge is 2.42. The van der Waals surface area contributed by atoms with Gasteiger partial charge in [-0.2, -0.15) is 0 Å². The molecule has 6 nitrogen and oxygen atoms in total. The van der Waals surface area contributed by atoms with Crippen molar-refractivity contribution >= 4 is 11.8 Å². The van der Waals surface area contributed by atoms with Crippen LogP contribution in [0.25, 0.3) is 0 Å². The van der Waals surface area contributed by atoms with Gasteiger partial charge < -0.3 is 15.3 Å². The number of piperidine rings is 1. The summed E-state index contributed by atoms with van der Waals surface area (Å²) in [5.74, 6) is -1.64. The van der Waals surface area contributed by atoms with Crippen LogP contribution in [0, 0.1) is 17.0 Å². The van der Waals surface area contributed by atoms with Crippen molar-refractivity contribution in [1.29, 1.82) is 0 Å². The molecule has 2 aromatic rings. The minimum atomic E-state index is -0.740. The van der Waals surface area contributed by atoms with Crippen LogP contribution in [0.3, 0.4) is 0 Å². The topological polar surface area (TPSA) is 82.5 Å². The highest BCUT2D eigenvalue weighted by Crippen LogP contribution is 2.44. The first-order valence-corrected chi connectivity index (χ1v) is 9.54. The molecule has 152 valence electrons. The Morgan fingerprint density at radius 1 is 1.24 bits per heavy atom. The van der Waals surface area contributed by atoms with Gasteiger partial charge in [-0.1, -0.05) is 0 Å². The lowest BCUT2D eigenvalue weighted by Gasteiger charge is -2.44. The van der Waals surface area contributed by atoms with Crippen molar-refractivity contribution < 1.29 is 23.5 Å². The second-order valence-electron chi connectivity index (χ2n) is 7.81. The molecule has 2 aliphatic rings. The smallest absolute Gasteiger partial charge is 0.317 e. The second-order valence-corrected chi connectivity index (χ2v) is 7.81. The maximum absolute atomic E-state index is 14.2. The normalized spacial score (nSPS) is 17.9. The lowest BCUT2D eigenvalue weighted by atomic mass is 9.66. The number of fused-ring (bicyclic) bond motifs is 1. The van der Waals surface area contributed by atoms with Crippen LogP contribution in [0.5, 0.6) is 5.75 Å². The first-order valence-electron chi connectivity index (χ1n) is 9.54. The van der Waals surface area contributed by atoms with E-state index >= 15 is 0 Å². The average molecular weight is 401 g/mol. The molecule has 1 saturated heterocycles.